The van der Waals surface area contributed by atoms with Gasteiger partial charge in [0.2, 0.25) is 0 Å². The molecule has 1 aliphatic heterocycles. The standard InChI is InChI=1S/C17H25NO2/c1-12-10-15(18-8-9-20-17(2,3)11-18)16(19)14-7-5-4-6-13(12)14/h4-7,12,15-16,19H,8-11H2,1-3H3. The Bertz CT molecular complexity index is 486. The predicted molar refractivity (Wildman–Crippen MR) is 79.8 cm³/mol. The number of fused-ring (bicyclic) bond motifs is 1. The van der Waals surface area contributed by atoms with Gasteiger partial charge in [0.05, 0.1) is 18.3 Å². The molecular formula is C17H25NO2. The Labute approximate surface area is 121 Å². The zero-order chi connectivity index (χ0) is 14.3. The Morgan fingerprint density at radius 1 is 1.25 bits per heavy atom. The first-order valence-corrected chi connectivity index (χ1v) is 7.63. The SMILES string of the molecule is CC1CC(N2CCOC(C)(C)C2)C(O)c2ccccc21. The van der Waals surface area contributed by atoms with Crippen molar-refractivity contribution in [2.75, 3.05) is 19.7 Å². The van der Waals surface area contributed by atoms with Crippen molar-refractivity contribution in [1.82, 2.24) is 4.90 Å². The average Bonchev–Trinajstić information content (AvgIpc) is 2.42. The largest absolute Gasteiger partial charge is 0.387 e. The van der Waals surface area contributed by atoms with Gasteiger partial charge < -0.3 is 9.84 Å². The Hall–Kier alpha value is -0.900. The van der Waals surface area contributed by atoms with E-state index in [2.05, 4.69) is 43.9 Å². The minimum Gasteiger partial charge on any atom is -0.387 e. The van der Waals surface area contributed by atoms with E-state index in [9.17, 15) is 5.11 Å². The summed E-state index contributed by atoms with van der Waals surface area (Å²) < 4.78 is 5.79. The van der Waals surface area contributed by atoms with Crippen LogP contribution in [-0.2, 0) is 4.74 Å². The normalized spacial score (nSPS) is 33.7. The first-order valence-electron chi connectivity index (χ1n) is 7.63. The molecule has 110 valence electrons. The smallest absolute Gasteiger partial charge is 0.0948 e. The molecule has 1 fully saturated rings. The molecule has 3 rings (SSSR count). The zero-order valence-corrected chi connectivity index (χ0v) is 12.7. The van der Waals surface area contributed by atoms with Crippen LogP contribution in [0.5, 0.6) is 0 Å². The highest BCUT2D eigenvalue weighted by Crippen LogP contribution is 2.40. The topological polar surface area (TPSA) is 32.7 Å². The van der Waals surface area contributed by atoms with Crippen molar-refractivity contribution in [2.45, 2.75) is 50.9 Å². The van der Waals surface area contributed by atoms with E-state index in [1.54, 1.807) is 0 Å². The summed E-state index contributed by atoms with van der Waals surface area (Å²) in [7, 11) is 0. The molecular weight excluding hydrogens is 250 g/mol. The van der Waals surface area contributed by atoms with Gasteiger partial charge in [-0.2, -0.15) is 0 Å². The highest BCUT2D eigenvalue weighted by atomic mass is 16.5. The van der Waals surface area contributed by atoms with Crippen LogP contribution in [0, 0.1) is 0 Å². The number of hydrogen-bond acceptors (Lipinski definition) is 3. The molecule has 3 heteroatoms. The van der Waals surface area contributed by atoms with Gasteiger partial charge in [-0.1, -0.05) is 31.2 Å². The summed E-state index contributed by atoms with van der Waals surface area (Å²) in [5.74, 6) is 0.505. The third-order valence-electron chi connectivity index (χ3n) is 4.73. The van der Waals surface area contributed by atoms with Gasteiger partial charge in [-0.05, 0) is 37.3 Å². The quantitative estimate of drug-likeness (QED) is 0.855. The Morgan fingerprint density at radius 3 is 2.65 bits per heavy atom. The molecule has 0 radical (unpaired) electrons. The van der Waals surface area contributed by atoms with Crippen molar-refractivity contribution in [3.05, 3.63) is 35.4 Å². The van der Waals surface area contributed by atoms with Crippen LogP contribution in [0.15, 0.2) is 24.3 Å². The summed E-state index contributed by atoms with van der Waals surface area (Å²) in [6, 6.07) is 8.54. The lowest BCUT2D eigenvalue weighted by molar-refractivity contribution is -0.114. The zero-order valence-electron chi connectivity index (χ0n) is 12.7. The van der Waals surface area contributed by atoms with Gasteiger partial charge in [0, 0.05) is 19.1 Å². The van der Waals surface area contributed by atoms with Crippen molar-refractivity contribution in [2.24, 2.45) is 0 Å². The van der Waals surface area contributed by atoms with E-state index in [1.807, 2.05) is 6.07 Å². The number of aliphatic hydroxyl groups is 1. The van der Waals surface area contributed by atoms with Crippen molar-refractivity contribution in [3.8, 4) is 0 Å². The average molecular weight is 275 g/mol. The number of hydrogen-bond donors (Lipinski definition) is 1. The molecule has 0 amide bonds. The number of nitrogens with zero attached hydrogens (tertiary/aromatic N) is 1. The lowest BCUT2D eigenvalue weighted by atomic mass is 9.78. The van der Waals surface area contributed by atoms with Gasteiger partial charge in [0.25, 0.3) is 0 Å². The fourth-order valence-corrected chi connectivity index (χ4v) is 3.74. The number of ether oxygens (including phenoxy) is 1. The van der Waals surface area contributed by atoms with Crippen molar-refractivity contribution < 1.29 is 9.84 Å². The van der Waals surface area contributed by atoms with Gasteiger partial charge >= 0.3 is 0 Å². The molecule has 1 saturated heterocycles. The monoisotopic (exact) mass is 275 g/mol. The predicted octanol–water partition coefficient (Wildman–Crippen LogP) is 2.71. The van der Waals surface area contributed by atoms with Crippen LogP contribution in [0.25, 0.3) is 0 Å². The third kappa shape index (κ3) is 2.50. The lowest BCUT2D eigenvalue weighted by Crippen LogP contribution is -2.54. The molecule has 3 nitrogen and oxygen atoms in total. The van der Waals surface area contributed by atoms with E-state index >= 15 is 0 Å². The number of benzene rings is 1. The minimum absolute atomic E-state index is 0.113. The first-order chi connectivity index (χ1) is 9.48. The molecule has 3 unspecified atom stereocenters. The second-order valence-corrected chi connectivity index (χ2v) is 6.86. The van der Waals surface area contributed by atoms with Crippen LogP contribution in [0.3, 0.4) is 0 Å². The maximum Gasteiger partial charge on any atom is 0.0948 e. The maximum absolute atomic E-state index is 10.8. The van der Waals surface area contributed by atoms with E-state index in [4.69, 9.17) is 4.74 Å². The van der Waals surface area contributed by atoms with Crippen LogP contribution in [-0.4, -0.2) is 41.3 Å². The second kappa shape index (κ2) is 5.14. The molecule has 0 spiro atoms. The van der Waals surface area contributed by atoms with Crippen LogP contribution in [0.1, 0.15) is 50.3 Å². The minimum atomic E-state index is -0.378. The molecule has 2 aliphatic rings. The van der Waals surface area contributed by atoms with Gasteiger partial charge in [0.15, 0.2) is 0 Å². The molecule has 1 N–H and O–H groups in total. The Balaban J connectivity index is 1.86. The lowest BCUT2D eigenvalue weighted by Gasteiger charge is -2.46. The van der Waals surface area contributed by atoms with Crippen LogP contribution >= 0.6 is 0 Å². The summed E-state index contributed by atoms with van der Waals surface area (Å²) in [5, 5.41) is 10.8. The molecule has 1 aromatic rings. The Kier molecular flexibility index (Phi) is 3.61. The summed E-state index contributed by atoms with van der Waals surface area (Å²) in [5.41, 5.74) is 2.31. The number of morpholine rings is 1. The van der Waals surface area contributed by atoms with Crippen molar-refractivity contribution in [1.29, 1.82) is 0 Å². The molecule has 1 aliphatic carbocycles. The van der Waals surface area contributed by atoms with Gasteiger partial charge in [-0.15, -0.1) is 0 Å². The molecule has 1 heterocycles. The second-order valence-electron chi connectivity index (χ2n) is 6.86. The van der Waals surface area contributed by atoms with Crippen molar-refractivity contribution >= 4 is 0 Å². The van der Waals surface area contributed by atoms with E-state index in [0.717, 1.165) is 31.7 Å². The fraction of sp³-hybridized carbons (Fsp3) is 0.647. The van der Waals surface area contributed by atoms with Crippen molar-refractivity contribution in [3.63, 3.8) is 0 Å². The number of aliphatic hydroxyl groups excluding tert-OH is 1. The summed E-state index contributed by atoms with van der Waals surface area (Å²) in [6.07, 6.45) is 0.644. The molecule has 3 atom stereocenters. The molecule has 0 saturated carbocycles. The Morgan fingerprint density at radius 2 is 1.95 bits per heavy atom. The molecule has 0 bridgehead atoms. The van der Waals surface area contributed by atoms with E-state index in [1.165, 1.54) is 5.56 Å². The van der Waals surface area contributed by atoms with Gasteiger partial charge in [-0.3, -0.25) is 4.90 Å². The maximum atomic E-state index is 10.8. The van der Waals surface area contributed by atoms with Gasteiger partial charge in [0.1, 0.15) is 0 Å². The van der Waals surface area contributed by atoms with E-state index < -0.39 is 0 Å². The van der Waals surface area contributed by atoms with Crippen LogP contribution in [0.2, 0.25) is 0 Å². The fourth-order valence-electron chi connectivity index (χ4n) is 3.74. The van der Waals surface area contributed by atoms with E-state index in [-0.39, 0.29) is 17.7 Å². The highest BCUT2D eigenvalue weighted by Gasteiger charge is 2.39. The third-order valence-corrected chi connectivity index (χ3v) is 4.73. The molecule has 1 aromatic carbocycles. The first kappa shape index (κ1) is 14.1. The summed E-state index contributed by atoms with van der Waals surface area (Å²) in [6.45, 7) is 9.09. The van der Waals surface area contributed by atoms with Crippen LogP contribution in [0.4, 0.5) is 0 Å². The highest BCUT2D eigenvalue weighted by molar-refractivity contribution is 5.35. The summed E-state index contributed by atoms with van der Waals surface area (Å²) in [4.78, 5) is 2.42. The van der Waals surface area contributed by atoms with Gasteiger partial charge in [-0.25, -0.2) is 0 Å². The molecule has 0 aromatic heterocycles. The van der Waals surface area contributed by atoms with E-state index in [0.29, 0.717) is 5.92 Å². The molecule has 20 heavy (non-hydrogen) atoms. The summed E-state index contributed by atoms with van der Waals surface area (Å²) >= 11 is 0. The number of rotatable bonds is 1. The van der Waals surface area contributed by atoms with Crippen LogP contribution < -0.4 is 0 Å².